The molecule has 3 atom stereocenters. The SMILES string of the molecule is O=C1N(Cc2cccc(Cl)c2)C[C@@H]2C[C@@H](c3cccnc3)N3CCC[C@@]123. The number of rotatable bonds is 3. The van der Waals surface area contributed by atoms with Gasteiger partial charge in [0.1, 0.15) is 5.54 Å². The molecule has 0 N–H and O–H groups in total. The molecule has 4 heterocycles. The largest absolute Gasteiger partial charge is 0.336 e. The normalized spacial score (nSPS) is 30.7. The first kappa shape index (κ1) is 16.3. The number of carbonyl (C=O) groups excluding carboxylic acids is 1. The molecule has 134 valence electrons. The Bertz CT molecular complexity index is 842. The van der Waals surface area contributed by atoms with E-state index in [9.17, 15) is 4.79 Å². The van der Waals surface area contributed by atoms with Crippen molar-refractivity contribution in [1.82, 2.24) is 14.8 Å². The second-order valence-corrected chi connectivity index (χ2v) is 8.21. The summed E-state index contributed by atoms with van der Waals surface area (Å²) in [5, 5.41) is 0.728. The Morgan fingerprint density at radius 1 is 1.27 bits per heavy atom. The first-order valence-electron chi connectivity index (χ1n) is 9.39. The average molecular weight is 368 g/mol. The fourth-order valence-corrected chi connectivity index (χ4v) is 5.67. The molecule has 1 aromatic carbocycles. The Morgan fingerprint density at radius 2 is 2.19 bits per heavy atom. The Morgan fingerprint density at radius 3 is 3.00 bits per heavy atom. The zero-order valence-electron chi connectivity index (χ0n) is 14.6. The van der Waals surface area contributed by atoms with E-state index in [0.717, 1.165) is 42.9 Å². The average Bonchev–Trinajstić information content (AvgIpc) is 3.27. The second kappa shape index (κ2) is 6.07. The van der Waals surface area contributed by atoms with E-state index >= 15 is 0 Å². The number of halogens is 1. The van der Waals surface area contributed by atoms with Crippen LogP contribution in [0, 0.1) is 5.92 Å². The molecule has 0 bridgehead atoms. The molecular weight excluding hydrogens is 346 g/mol. The summed E-state index contributed by atoms with van der Waals surface area (Å²) >= 11 is 6.12. The maximum Gasteiger partial charge on any atom is 0.243 e. The van der Waals surface area contributed by atoms with E-state index in [1.807, 2.05) is 41.6 Å². The Labute approximate surface area is 158 Å². The van der Waals surface area contributed by atoms with Gasteiger partial charge in [-0.25, -0.2) is 0 Å². The highest BCUT2D eigenvalue weighted by Crippen LogP contribution is 2.56. The van der Waals surface area contributed by atoms with Crippen molar-refractivity contribution in [3.63, 3.8) is 0 Å². The van der Waals surface area contributed by atoms with Crippen LogP contribution in [0.25, 0.3) is 0 Å². The van der Waals surface area contributed by atoms with Crippen LogP contribution in [0.15, 0.2) is 48.8 Å². The summed E-state index contributed by atoms with van der Waals surface area (Å²) < 4.78 is 0. The highest BCUT2D eigenvalue weighted by Gasteiger charge is 2.65. The van der Waals surface area contributed by atoms with Crippen LogP contribution >= 0.6 is 11.6 Å². The minimum Gasteiger partial charge on any atom is -0.336 e. The lowest BCUT2D eigenvalue weighted by Gasteiger charge is -2.33. The zero-order chi connectivity index (χ0) is 17.7. The third-order valence-corrected chi connectivity index (χ3v) is 6.69. The van der Waals surface area contributed by atoms with E-state index in [2.05, 4.69) is 22.0 Å². The third kappa shape index (κ3) is 2.32. The van der Waals surface area contributed by atoms with Gasteiger partial charge < -0.3 is 4.90 Å². The summed E-state index contributed by atoms with van der Waals surface area (Å²) in [6.07, 6.45) is 6.91. The maximum atomic E-state index is 13.5. The van der Waals surface area contributed by atoms with Gasteiger partial charge in [-0.1, -0.05) is 29.8 Å². The lowest BCUT2D eigenvalue weighted by atomic mass is 9.85. The van der Waals surface area contributed by atoms with Gasteiger partial charge in [-0.2, -0.15) is 0 Å². The van der Waals surface area contributed by atoms with Gasteiger partial charge in [0.2, 0.25) is 5.91 Å². The third-order valence-electron chi connectivity index (χ3n) is 6.46. The molecule has 3 aliphatic rings. The summed E-state index contributed by atoms with van der Waals surface area (Å²) in [7, 11) is 0. The molecular formula is C21H22ClN3O. The summed E-state index contributed by atoms with van der Waals surface area (Å²) in [4.78, 5) is 22.3. The Balaban J connectivity index is 1.43. The quantitative estimate of drug-likeness (QED) is 0.830. The van der Waals surface area contributed by atoms with Crippen molar-refractivity contribution in [2.24, 2.45) is 5.92 Å². The lowest BCUT2D eigenvalue weighted by molar-refractivity contribution is -0.137. The molecule has 0 unspecified atom stereocenters. The van der Waals surface area contributed by atoms with Crippen LogP contribution in [0.2, 0.25) is 5.02 Å². The van der Waals surface area contributed by atoms with Crippen LogP contribution in [-0.2, 0) is 11.3 Å². The Hall–Kier alpha value is -1.91. The van der Waals surface area contributed by atoms with E-state index < -0.39 is 0 Å². The summed E-state index contributed by atoms with van der Waals surface area (Å²) in [5.41, 5.74) is 2.06. The number of amides is 1. The number of benzene rings is 1. The van der Waals surface area contributed by atoms with E-state index in [1.54, 1.807) is 0 Å². The Kier molecular flexibility index (Phi) is 3.80. The van der Waals surface area contributed by atoms with Crippen molar-refractivity contribution in [1.29, 1.82) is 0 Å². The molecule has 1 aromatic heterocycles. The predicted molar refractivity (Wildman–Crippen MR) is 101 cm³/mol. The van der Waals surface area contributed by atoms with E-state index in [4.69, 9.17) is 11.6 Å². The van der Waals surface area contributed by atoms with Crippen molar-refractivity contribution < 1.29 is 4.79 Å². The molecule has 0 aliphatic carbocycles. The molecule has 1 amide bonds. The topological polar surface area (TPSA) is 36.4 Å². The zero-order valence-corrected chi connectivity index (χ0v) is 15.4. The maximum absolute atomic E-state index is 13.5. The molecule has 1 spiro atoms. The number of nitrogens with zero attached hydrogens (tertiary/aromatic N) is 3. The lowest BCUT2D eigenvalue weighted by Crippen LogP contribution is -2.49. The van der Waals surface area contributed by atoms with Crippen LogP contribution in [0.5, 0.6) is 0 Å². The molecule has 4 nitrogen and oxygen atoms in total. The highest BCUT2D eigenvalue weighted by atomic mass is 35.5. The van der Waals surface area contributed by atoms with Crippen molar-refractivity contribution >= 4 is 17.5 Å². The molecule has 26 heavy (non-hydrogen) atoms. The highest BCUT2D eigenvalue weighted by molar-refractivity contribution is 6.30. The smallest absolute Gasteiger partial charge is 0.243 e. The number of aromatic nitrogens is 1. The minimum absolute atomic E-state index is 0.293. The standard InChI is InChI=1S/C21H22ClN3O/c22-18-6-1-4-15(10-18)13-24-14-17-11-19(16-5-2-8-23-12-16)25-9-3-7-21(17,25)20(24)26/h1-2,4-6,8,10,12,17,19H,3,7,9,11,13-14H2/t17-,19-,21-/m0/s1. The van der Waals surface area contributed by atoms with Gasteiger partial charge in [-0.15, -0.1) is 0 Å². The number of hydrogen-bond donors (Lipinski definition) is 0. The van der Waals surface area contributed by atoms with Gasteiger partial charge in [0.05, 0.1) is 0 Å². The van der Waals surface area contributed by atoms with Crippen LogP contribution < -0.4 is 0 Å². The number of carbonyl (C=O) groups is 1. The predicted octanol–water partition coefficient (Wildman–Crippen LogP) is 3.67. The molecule has 5 rings (SSSR count). The fraction of sp³-hybridized carbons (Fsp3) is 0.429. The first-order valence-corrected chi connectivity index (χ1v) is 9.77. The van der Waals surface area contributed by atoms with Crippen LogP contribution in [0.4, 0.5) is 0 Å². The molecule has 2 aromatic rings. The van der Waals surface area contributed by atoms with Crippen LogP contribution in [0.3, 0.4) is 0 Å². The first-order chi connectivity index (χ1) is 12.7. The van der Waals surface area contributed by atoms with E-state index in [0.29, 0.717) is 24.4 Å². The van der Waals surface area contributed by atoms with E-state index in [-0.39, 0.29) is 5.54 Å². The molecule has 0 saturated carbocycles. The molecule has 3 aliphatic heterocycles. The number of pyridine rings is 1. The molecule has 3 saturated heterocycles. The summed E-state index contributed by atoms with van der Waals surface area (Å²) in [6, 6.07) is 12.3. The van der Waals surface area contributed by atoms with Gasteiger partial charge in [-0.05, 0) is 55.1 Å². The van der Waals surface area contributed by atoms with Crippen molar-refractivity contribution in [3.8, 4) is 0 Å². The monoisotopic (exact) mass is 367 g/mol. The molecule has 5 heteroatoms. The van der Waals surface area contributed by atoms with Crippen LogP contribution in [-0.4, -0.2) is 39.3 Å². The second-order valence-electron chi connectivity index (χ2n) is 7.77. The van der Waals surface area contributed by atoms with Crippen molar-refractivity contribution in [2.75, 3.05) is 13.1 Å². The van der Waals surface area contributed by atoms with Crippen molar-refractivity contribution in [3.05, 3.63) is 64.9 Å². The fourth-order valence-electron chi connectivity index (χ4n) is 5.46. The van der Waals surface area contributed by atoms with Crippen LogP contribution in [0.1, 0.15) is 36.4 Å². The van der Waals surface area contributed by atoms with Gasteiger partial charge in [0.15, 0.2) is 0 Å². The number of likely N-dealkylation sites (tertiary alicyclic amines) is 1. The number of hydrogen-bond acceptors (Lipinski definition) is 3. The summed E-state index contributed by atoms with van der Waals surface area (Å²) in [5.74, 6) is 0.716. The van der Waals surface area contributed by atoms with Gasteiger partial charge >= 0.3 is 0 Å². The van der Waals surface area contributed by atoms with Gasteiger partial charge in [0.25, 0.3) is 0 Å². The van der Waals surface area contributed by atoms with Crippen molar-refractivity contribution in [2.45, 2.75) is 37.4 Å². The van der Waals surface area contributed by atoms with Gasteiger partial charge in [-0.3, -0.25) is 14.7 Å². The summed E-state index contributed by atoms with van der Waals surface area (Å²) in [6.45, 7) is 2.51. The molecule has 3 fully saturated rings. The van der Waals surface area contributed by atoms with E-state index in [1.165, 1.54) is 5.56 Å². The minimum atomic E-state index is -0.293. The van der Waals surface area contributed by atoms with Gasteiger partial charge in [0, 0.05) is 42.5 Å². The molecule has 0 radical (unpaired) electrons.